The van der Waals surface area contributed by atoms with E-state index in [-0.39, 0.29) is 0 Å². The van der Waals surface area contributed by atoms with E-state index in [0.717, 1.165) is 11.8 Å². The van der Waals surface area contributed by atoms with E-state index in [1.165, 1.54) is 5.75 Å². The van der Waals surface area contributed by atoms with Crippen LogP contribution in [0.5, 0.6) is 0 Å². The molecule has 0 heterocycles. The largest absolute Gasteiger partial charge is 0.313 e. The lowest BCUT2D eigenvalue weighted by Crippen LogP contribution is -2.42. The second-order valence-electron chi connectivity index (χ2n) is 4.86. The third kappa shape index (κ3) is 6.39. The van der Waals surface area contributed by atoms with Crippen molar-refractivity contribution >= 4 is 11.8 Å². The molecular weight excluding hydrogens is 178 g/mol. The van der Waals surface area contributed by atoms with Crippen molar-refractivity contribution in [3.63, 3.8) is 0 Å². The van der Waals surface area contributed by atoms with Gasteiger partial charge in [-0.05, 0) is 17.2 Å². The third-order valence-corrected chi connectivity index (χ3v) is 3.28. The molecule has 1 unspecified atom stereocenters. The van der Waals surface area contributed by atoms with Crippen LogP contribution in [0.15, 0.2) is 0 Å². The van der Waals surface area contributed by atoms with Gasteiger partial charge < -0.3 is 5.32 Å². The summed E-state index contributed by atoms with van der Waals surface area (Å²) < 4.78 is 0. The average Bonchev–Trinajstić information content (AvgIpc) is 1.95. The van der Waals surface area contributed by atoms with Gasteiger partial charge in [-0.15, -0.1) is 0 Å². The molecule has 0 spiro atoms. The van der Waals surface area contributed by atoms with E-state index in [2.05, 4.69) is 46.9 Å². The van der Waals surface area contributed by atoms with Crippen LogP contribution in [0.4, 0.5) is 0 Å². The minimum atomic E-state index is 0.373. The van der Waals surface area contributed by atoms with Gasteiger partial charge in [-0.25, -0.2) is 0 Å². The summed E-state index contributed by atoms with van der Waals surface area (Å²) in [5, 5.41) is 4.30. The molecule has 0 bridgehead atoms. The Hall–Kier alpha value is 0.310. The molecule has 0 radical (unpaired) electrons. The summed E-state index contributed by atoms with van der Waals surface area (Å²) in [4.78, 5) is 0. The highest BCUT2D eigenvalue weighted by molar-refractivity contribution is 7.99. The molecule has 0 rings (SSSR count). The molecule has 0 aliphatic carbocycles. The fourth-order valence-electron chi connectivity index (χ4n) is 1.15. The minimum absolute atomic E-state index is 0.373. The van der Waals surface area contributed by atoms with E-state index < -0.39 is 0 Å². The number of hydrogen-bond donors (Lipinski definition) is 1. The maximum absolute atomic E-state index is 3.56. The lowest BCUT2D eigenvalue weighted by Gasteiger charge is -2.31. The zero-order valence-electron chi connectivity index (χ0n) is 9.98. The second kappa shape index (κ2) is 5.92. The van der Waals surface area contributed by atoms with Gasteiger partial charge in [0.25, 0.3) is 0 Å². The first-order chi connectivity index (χ1) is 5.88. The van der Waals surface area contributed by atoms with Crippen molar-refractivity contribution in [2.45, 2.75) is 52.8 Å². The molecule has 0 aromatic carbocycles. The average molecular weight is 203 g/mol. The van der Waals surface area contributed by atoms with Crippen LogP contribution in [0.25, 0.3) is 0 Å². The van der Waals surface area contributed by atoms with Gasteiger partial charge in [-0.1, -0.05) is 41.5 Å². The Morgan fingerprint density at radius 3 is 2.08 bits per heavy atom. The summed E-state index contributed by atoms with van der Waals surface area (Å²) in [7, 11) is 0. The molecule has 0 saturated heterocycles. The number of hydrogen-bond acceptors (Lipinski definition) is 2. The molecule has 1 nitrogen and oxygen atoms in total. The van der Waals surface area contributed by atoms with E-state index in [1.54, 1.807) is 0 Å². The van der Waals surface area contributed by atoms with Gasteiger partial charge in [0.05, 0.1) is 0 Å². The van der Waals surface area contributed by atoms with Crippen molar-refractivity contribution in [3.8, 4) is 0 Å². The molecule has 0 aliphatic heterocycles. The zero-order chi connectivity index (χ0) is 10.5. The first-order valence-electron chi connectivity index (χ1n) is 5.23. The van der Waals surface area contributed by atoms with Crippen LogP contribution < -0.4 is 5.32 Å². The van der Waals surface area contributed by atoms with Gasteiger partial charge in [-0.2, -0.15) is 11.8 Å². The lowest BCUT2D eigenvalue weighted by atomic mass is 9.88. The van der Waals surface area contributed by atoms with Crippen LogP contribution in [0.3, 0.4) is 0 Å². The Labute approximate surface area is 88.1 Å². The van der Waals surface area contributed by atoms with E-state index in [9.17, 15) is 0 Å². The predicted molar refractivity (Wildman–Crippen MR) is 64.5 cm³/mol. The highest BCUT2D eigenvalue weighted by atomic mass is 32.2. The Balaban J connectivity index is 3.95. The summed E-state index contributed by atoms with van der Waals surface area (Å²) >= 11 is 2.04. The summed E-state index contributed by atoms with van der Waals surface area (Å²) in [5.41, 5.74) is 0.373. The van der Waals surface area contributed by atoms with Crippen molar-refractivity contribution < 1.29 is 0 Å². The SMILES string of the molecule is CCNC(CSC(C)C)C(C)(C)C. The Kier molecular flexibility index (Phi) is 6.06. The molecule has 0 aromatic heterocycles. The highest BCUT2D eigenvalue weighted by Gasteiger charge is 2.23. The fourth-order valence-corrected chi connectivity index (χ4v) is 2.35. The fraction of sp³-hybridized carbons (Fsp3) is 1.00. The zero-order valence-corrected chi connectivity index (χ0v) is 10.8. The molecule has 13 heavy (non-hydrogen) atoms. The molecule has 1 atom stereocenters. The summed E-state index contributed by atoms with van der Waals surface area (Å²) in [6, 6.07) is 0.630. The number of rotatable bonds is 5. The van der Waals surface area contributed by atoms with Crippen molar-refractivity contribution in [1.82, 2.24) is 5.32 Å². The molecule has 0 aliphatic rings. The molecule has 1 N–H and O–H groups in total. The molecule has 2 heteroatoms. The molecule has 80 valence electrons. The number of thioether (sulfide) groups is 1. The van der Waals surface area contributed by atoms with E-state index in [4.69, 9.17) is 0 Å². The first-order valence-corrected chi connectivity index (χ1v) is 6.27. The monoisotopic (exact) mass is 203 g/mol. The van der Waals surface area contributed by atoms with Gasteiger partial charge >= 0.3 is 0 Å². The van der Waals surface area contributed by atoms with E-state index in [0.29, 0.717) is 11.5 Å². The first kappa shape index (κ1) is 13.3. The van der Waals surface area contributed by atoms with Crippen LogP contribution in [-0.4, -0.2) is 23.6 Å². The summed E-state index contributed by atoms with van der Waals surface area (Å²) in [6.45, 7) is 14.7. The molecule has 0 aromatic rings. The van der Waals surface area contributed by atoms with E-state index in [1.807, 2.05) is 11.8 Å². The molecule has 0 saturated carbocycles. The Morgan fingerprint density at radius 1 is 1.23 bits per heavy atom. The molecular formula is C11H25NS. The van der Waals surface area contributed by atoms with Crippen LogP contribution in [0, 0.1) is 5.41 Å². The maximum Gasteiger partial charge on any atom is 0.0206 e. The summed E-state index contributed by atoms with van der Waals surface area (Å²) in [5.74, 6) is 1.22. The topological polar surface area (TPSA) is 12.0 Å². The van der Waals surface area contributed by atoms with Crippen LogP contribution >= 0.6 is 11.8 Å². The third-order valence-electron chi connectivity index (χ3n) is 2.09. The Bertz CT molecular complexity index is 127. The quantitative estimate of drug-likeness (QED) is 0.736. The van der Waals surface area contributed by atoms with Crippen molar-refractivity contribution in [2.75, 3.05) is 12.3 Å². The van der Waals surface area contributed by atoms with E-state index >= 15 is 0 Å². The van der Waals surface area contributed by atoms with Crippen molar-refractivity contribution in [3.05, 3.63) is 0 Å². The lowest BCUT2D eigenvalue weighted by molar-refractivity contribution is 0.295. The number of nitrogens with one attached hydrogen (secondary N) is 1. The van der Waals surface area contributed by atoms with Crippen LogP contribution in [-0.2, 0) is 0 Å². The Morgan fingerprint density at radius 2 is 1.77 bits per heavy atom. The second-order valence-corrected chi connectivity index (χ2v) is 6.47. The summed E-state index contributed by atoms with van der Waals surface area (Å²) in [6.07, 6.45) is 0. The van der Waals surface area contributed by atoms with Gasteiger partial charge in [0.15, 0.2) is 0 Å². The van der Waals surface area contributed by atoms with Gasteiger partial charge in [0.2, 0.25) is 0 Å². The molecule has 0 amide bonds. The smallest absolute Gasteiger partial charge is 0.0206 e. The maximum atomic E-state index is 3.56. The van der Waals surface area contributed by atoms with Crippen molar-refractivity contribution in [2.24, 2.45) is 5.41 Å². The minimum Gasteiger partial charge on any atom is -0.313 e. The van der Waals surface area contributed by atoms with Crippen molar-refractivity contribution in [1.29, 1.82) is 0 Å². The van der Waals surface area contributed by atoms with Gasteiger partial charge in [0, 0.05) is 11.8 Å². The van der Waals surface area contributed by atoms with Gasteiger partial charge in [0.1, 0.15) is 0 Å². The normalized spacial score (nSPS) is 15.0. The molecule has 0 fully saturated rings. The highest BCUT2D eigenvalue weighted by Crippen LogP contribution is 2.24. The van der Waals surface area contributed by atoms with Crippen LogP contribution in [0.2, 0.25) is 0 Å². The predicted octanol–water partition coefficient (Wildman–Crippen LogP) is 3.15. The van der Waals surface area contributed by atoms with Crippen LogP contribution in [0.1, 0.15) is 41.5 Å². The standard InChI is InChI=1S/C11H25NS/c1-7-12-10(11(4,5)6)8-13-9(2)3/h9-10,12H,7-8H2,1-6H3. The van der Waals surface area contributed by atoms with Gasteiger partial charge in [-0.3, -0.25) is 0 Å².